The van der Waals surface area contributed by atoms with E-state index in [1.165, 1.54) is 18.2 Å². The van der Waals surface area contributed by atoms with Crippen LogP contribution in [-0.4, -0.2) is 0 Å². The van der Waals surface area contributed by atoms with Crippen LogP contribution in [0.1, 0.15) is 0 Å². The quantitative estimate of drug-likeness (QED) is 0.791. The second-order valence-corrected chi connectivity index (χ2v) is 4.30. The summed E-state index contributed by atoms with van der Waals surface area (Å²) in [5, 5.41) is 3.68. The largest absolute Gasteiger partial charge is 0.397 e. The highest BCUT2D eigenvalue weighted by molar-refractivity contribution is 6.34. The van der Waals surface area contributed by atoms with Gasteiger partial charge in [0.25, 0.3) is 0 Å². The van der Waals surface area contributed by atoms with E-state index in [0.717, 1.165) is 0 Å². The first-order valence-corrected chi connectivity index (χ1v) is 5.59. The SMILES string of the molecule is Nc1cccc(Cl)c1Nc1cc(Cl)ccc1F. The summed E-state index contributed by atoms with van der Waals surface area (Å²) in [4.78, 5) is 0. The van der Waals surface area contributed by atoms with E-state index in [0.29, 0.717) is 21.4 Å². The maximum Gasteiger partial charge on any atom is 0.146 e. The molecule has 5 heteroatoms. The Morgan fingerprint density at radius 2 is 1.88 bits per heavy atom. The molecular weight excluding hydrogens is 262 g/mol. The molecule has 0 aromatic heterocycles. The molecule has 2 rings (SSSR count). The van der Waals surface area contributed by atoms with Crippen molar-refractivity contribution in [1.82, 2.24) is 0 Å². The summed E-state index contributed by atoms with van der Waals surface area (Å²) in [6, 6.07) is 9.28. The van der Waals surface area contributed by atoms with Crippen LogP contribution in [0.3, 0.4) is 0 Å². The lowest BCUT2D eigenvalue weighted by Gasteiger charge is -2.12. The molecule has 0 saturated heterocycles. The highest BCUT2D eigenvalue weighted by atomic mass is 35.5. The van der Waals surface area contributed by atoms with Crippen LogP contribution >= 0.6 is 23.2 Å². The van der Waals surface area contributed by atoms with Crippen LogP contribution in [0.4, 0.5) is 21.5 Å². The monoisotopic (exact) mass is 270 g/mol. The summed E-state index contributed by atoms with van der Waals surface area (Å²) in [5.41, 5.74) is 6.90. The number of hydrogen-bond acceptors (Lipinski definition) is 2. The topological polar surface area (TPSA) is 38.0 Å². The van der Waals surface area contributed by atoms with E-state index < -0.39 is 5.82 Å². The van der Waals surface area contributed by atoms with Gasteiger partial charge >= 0.3 is 0 Å². The molecule has 3 N–H and O–H groups in total. The van der Waals surface area contributed by atoms with Gasteiger partial charge in [-0.25, -0.2) is 4.39 Å². The van der Waals surface area contributed by atoms with Crippen molar-refractivity contribution in [3.05, 3.63) is 52.3 Å². The van der Waals surface area contributed by atoms with Crippen molar-refractivity contribution in [3.8, 4) is 0 Å². The van der Waals surface area contributed by atoms with E-state index in [1.807, 2.05) is 0 Å². The normalized spacial score (nSPS) is 10.3. The molecule has 0 unspecified atom stereocenters. The zero-order valence-corrected chi connectivity index (χ0v) is 10.2. The van der Waals surface area contributed by atoms with Crippen LogP contribution in [0, 0.1) is 5.82 Å². The van der Waals surface area contributed by atoms with Crippen LogP contribution in [0.15, 0.2) is 36.4 Å². The molecular formula is C12H9Cl2FN2. The molecule has 0 amide bonds. The Balaban J connectivity index is 2.41. The van der Waals surface area contributed by atoms with Gasteiger partial charge in [0.05, 0.1) is 22.1 Å². The fourth-order valence-corrected chi connectivity index (χ4v) is 1.80. The van der Waals surface area contributed by atoms with Crippen LogP contribution in [0.2, 0.25) is 10.0 Å². The third kappa shape index (κ3) is 2.62. The highest BCUT2D eigenvalue weighted by Gasteiger charge is 2.08. The van der Waals surface area contributed by atoms with Gasteiger partial charge in [-0.15, -0.1) is 0 Å². The first kappa shape index (κ1) is 12.0. The lowest BCUT2D eigenvalue weighted by molar-refractivity contribution is 0.632. The summed E-state index contributed by atoms with van der Waals surface area (Å²) in [6.45, 7) is 0. The minimum Gasteiger partial charge on any atom is -0.397 e. The molecule has 0 heterocycles. The van der Waals surface area contributed by atoms with Gasteiger partial charge in [0.15, 0.2) is 0 Å². The Kier molecular flexibility index (Phi) is 3.41. The van der Waals surface area contributed by atoms with E-state index in [2.05, 4.69) is 5.32 Å². The predicted octanol–water partition coefficient (Wildman–Crippen LogP) is 4.46. The Hall–Kier alpha value is -1.45. The highest BCUT2D eigenvalue weighted by Crippen LogP contribution is 2.32. The number of nitrogens with one attached hydrogen (secondary N) is 1. The summed E-state index contributed by atoms with van der Waals surface area (Å²) >= 11 is 11.8. The number of hydrogen-bond donors (Lipinski definition) is 2. The van der Waals surface area contributed by atoms with Crippen molar-refractivity contribution in [2.75, 3.05) is 11.1 Å². The van der Waals surface area contributed by atoms with Gasteiger partial charge in [-0.2, -0.15) is 0 Å². The van der Waals surface area contributed by atoms with E-state index in [1.54, 1.807) is 18.2 Å². The average molecular weight is 271 g/mol. The van der Waals surface area contributed by atoms with E-state index in [-0.39, 0.29) is 5.69 Å². The zero-order valence-electron chi connectivity index (χ0n) is 8.68. The van der Waals surface area contributed by atoms with Crippen molar-refractivity contribution in [2.24, 2.45) is 0 Å². The number of nitrogen functional groups attached to an aromatic ring is 1. The van der Waals surface area contributed by atoms with Gasteiger partial charge in [-0.1, -0.05) is 29.3 Å². The Morgan fingerprint density at radius 1 is 1.12 bits per heavy atom. The van der Waals surface area contributed by atoms with Crippen molar-refractivity contribution in [1.29, 1.82) is 0 Å². The Morgan fingerprint density at radius 3 is 2.59 bits per heavy atom. The first-order chi connectivity index (χ1) is 8.08. The maximum atomic E-state index is 13.5. The number of benzene rings is 2. The lowest BCUT2D eigenvalue weighted by Crippen LogP contribution is -1.98. The molecule has 17 heavy (non-hydrogen) atoms. The van der Waals surface area contributed by atoms with E-state index >= 15 is 0 Å². The van der Waals surface area contributed by atoms with Crippen LogP contribution in [0.5, 0.6) is 0 Å². The first-order valence-electron chi connectivity index (χ1n) is 4.84. The molecule has 2 nitrogen and oxygen atoms in total. The number of para-hydroxylation sites is 1. The van der Waals surface area contributed by atoms with Gasteiger partial charge in [0.1, 0.15) is 5.82 Å². The van der Waals surface area contributed by atoms with Crippen molar-refractivity contribution in [2.45, 2.75) is 0 Å². The van der Waals surface area contributed by atoms with Crippen molar-refractivity contribution in [3.63, 3.8) is 0 Å². The summed E-state index contributed by atoms with van der Waals surface area (Å²) in [5.74, 6) is -0.422. The summed E-state index contributed by atoms with van der Waals surface area (Å²) in [6.07, 6.45) is 0. The smallest absolute Gasteiger partial charge is 0.146 e. The third-order valence-corrected chi connectivity index (χ3v) is 2.78. The average Bonchev–Trinajstić information content (AvgIpc) is 2.28. The molecule has 0 radical (unpaired) electrons. The fraction of sp³-hybridized carbons (Fsp3) is 0. The van der Waals surface area contributed by atoms with Gasteiger partial charge < -0.3 is 11.1 Å². The maximum absolute atomic E-state index is 13.5. The number of nitrogens with two attached hydrogens (primary N) is 1. The van der Waals surface area contributed by atoms with E-state index in [9.17, 15) is 4.39 Å². The van der Waals surface area contributed by atoms with Gasteiger partial charge in [0, 0.05) is 5.02 Å². The molecule has 2 aromatic rings. The second-order valence-electron chi connectivity index (χ2n) is 3.45. The third-order valence-electron chi connectivity index (χ3n) is 2.23. The molecule has 0 aliphatic rings. The standard InChI is InChI=1S/C12H9Cl2FN2/c13-7-4-5-9(15)11(6-7)17-12-8(14)2-1-3-10(12)16/h1-6,17H,16H2. The molecule has 0 spiro atoms. The molecule has 88 valence electrons. The Labute approximate surface area is 108 Å². The van der Waals surface area contributed by atoms with Gasteiger partial charge in [0.2, 0.25) is 0 Å². The molecule has 0 atom stereocenters. The second kappa shape index (κ2) is 4.82. The van der Waals surface area contributed by atoms with Crippen molar-refractivity contribution < 1.29 is 4.39 Å². The van der Waals surface area contributed by atoms with Gasteiger partial charge in [-0.3, -0.25) is 0 Å². The molecule has 0 fully saturated rings. The number of rotatable bonds is 2. The molecule has 2 aromatic carbocycles. The molecule has 0 bridgehead atoms. The van der Waals surface area contributed by atoms with Crippen molar-refractivity contribution >= 4 is 40.3 Å². The Bertz CT molecular complexity index is 538. The minimum absolute atomic E-state index is 0.234. The number of anilines is 3. The van der Waals surface area contributed by atoms with Crippen LogP contribution in [0.25, 0.3) is 0 Å². The lowest BCUT2D eigenvalue weighted by atomic mass is 10.2. The number of halogens is 3. The van der Waals surface area contributed by atoms with Gasteiger partial charge in [-0.05, 0) is 30.3 Å². The van der Waals surface area contributed by atoms with Crippen LogP contribution in [-0.2, 0) is 0 Å². The summed E-state index contributed by atoms with van der Waals surface area (Å²) < 4.78 is 13.5. The molecule has 0 aliphatic carbocycles. The fourth-order valence-electron chi connectivity index (χ4n) is 1.40. The molecule has 0 saturated carbocycles. The summed E-state index contributed by atoms with van der Waals surface area (Å²) in [7, 11) is 0. The predicted molar refractivity (Wildman–Crippen MR) is 70.6 cm³/mol. The zero-order chi connectivity index (χ0) is 12.4. The van der Waals surface area contributed by atoms with E-state index in [4.69, 9.17) is 28.9 Å². The minimum atomic E-state index is -0.422. The molecule has 0 aliphatic heterocycles. The van der Waals surface area contributed by atoms with Crippen LogP contribution < -0.4 is 11.1 Å².